The van der Waals surface area contributed by atoms with Crippen molar-refractivity contribution in [2.75, 3.05) is 28.3 Å². The van der Waals surface area contributed by atoms with Crippen LogP contribution in [0.15, 0.2) is 42.5 Å². The number of carbonyl (C=O) groups excluding carboxylic acids is 2. The largest absolute Gasteiger partial charge is 0.504 e. The van der Waals surface area contributed by atoms with Crippen molar-refractivity contribution >= 4 is 11.9 Å². The summed E-state index contributed by atoms with van der Waals surface area (Å²) < 4.78 is 60.5. The Kier molecular flexibility index (Phi) is 10.6. The van der Waals surface area contributed by atoms with Crippen LogP contribution in [0.25, 0.3) is 0 Å². The van der Waals surface area contributed by atoms with Crippen molar-refractivity contribution in [2.45, 2.75) is 44.8 Å². The molecule has 210 valence electrons. The number of amides is 1. The molecule has 0 aromatic heterocycles. The van der Waals surface area contributed by atoms with Crippen LogP contribution < -0.4 is 19.5 Å². The number of phenols is 1. The Labute approximate surface area is 219 Å². The number of nitrogens with zero attached hydrogens (tertiary/aromatic N) is 1. The van der Waals surface area contributed by atoms with E-state index < -0.39 is 47.9 Å². The maximum absolute atomic E-state index is 13.6. The SMILES string of the molecule is COC(=O)C(Cc1ccc(OC(Oc2ccc(OC)cc2)C(F)(F)F)c(O)c1)NC(=O)C(C(C)C)N(C)C. The lowest BCUT2D eigenvalue weighted by Crippen LogP contribution is -2.52. The van der Waals surface area contributed by atoms with Gasteiger partial charge in [0.2, 0.25) is 5.91 Å². The summed E-state index contributed by atoms with van der Waals surface area (Å²) in [4.78, 5) is 26.9. The number of ether oxygens (including phenoxy) is 4. The third kappa shape index (κ3) is 8.44. The molecule has 12 heteroatoms. The maximum atomic E-state index is 13.6. The smallest absolute Gasteiger partial charge is 0.464 e. The molecule has 0 radical (unpaired) electrons. The van der Waals surface area contributed by atoms with E-state index in [0.717, 1.165) is 12.1 Å². The average Bonchev–Trinajstić information content (AvgIpc) is 2.83. The Bertz CT molecular complexity index is 1070. The topological polar surface area (TPSA) is 107 Å². The lowest BCUT2D eigenvalue weighted by Gasteiger charge is -2.28. The number of nitrogens with one attached hydrogen (secondary N) is 1. The van der Waals surface area contributed by atoms with Crippen molar-refractivity contribution in [3.8, 4) is 23.0 Å². The third-order valence-electron chi connectivity index (χ3n) is 5.53. The molecule has 2 aromatic carbocycles. The summed E-state index contributed by atoms with van der Waals surface area (Å²) in [6, 6.07) is 7.43. The first-order valence-electron chi connectivity index (χ1n) is 11.7. The Morgan fingerprint density at radius 1 is 1.00 bits per heavy atom. The minimum atomic E-state index is -4.93. The van der Waals surface area contributed by atoms with Gasteiger partial charge in [-0.25, -0.2) is 4.79 Å². The van der Waals surface area contributed by atoms with Gasteiger partial charge in [0.1, 0.15) is 17.5 Å². The fourth-order valence-corrected chi connectivity index (χ4v) is 3.80. The van der Waals surface area contributed by atoms with Gasteiger partial charge in [0.25, 0.3) is 0 Å². The van der Waals surface area contributed by atoms with E-state index in [1.165, 1.54) is 44.6 Å². The molecule has 0 bridgehead atoms. The van der Waals surface area contributed by atoms with Crippen molar-refractivity contribution in [1.29, 1.82) is 0 Å². The second kappa shape index (κ2) is 13.2. The molecule has 2 N–H and O–H groups in total. The molecule has 2 rings (SSSR count). The van der Waals surface area contributed by atoms with Crippen molar-refractivity contribution in [3.63, 3.8) is 0 Å². The van der Waals surface area contributed by atoms with Gasteiger partial charge in [-0.15, -0.1) is 0 Å². The molecule has 0 aliphatic carbocycles. The molecule has 2 aromatic rings. The lowest BCUT2D eigenvalue weighted by atomic mass is 10.0. The van der Waals surface area contributed by atoms with Crippen molar-refractivity contribution in [1.82, 2.24) is 10.2 Å². The number of alkyl halides is 3. The molecule has 3 atom stereocenters. The zero-order valence-electron chi connectivity index (χ0n) is 22.0. The van der Waals surface area contributed by atoms with E-state index in [1.807, 2.05) is 13.8 Å². The Morgan fingerprint density at radius 2 is 1.61 bits per heavy atom. The van der Waals surface area contributed by atoms with Crippen LogP contribution in [-0.4, -0.2) is 74.7 Å². The first-order valence-corrected chi connectivity index (χ1v) is 11.7. The standard InChI is InChI=1S/C26H33F3N2O7/c1-15(2)22(31(3)4)23(33)30-19(24(34)36-6)13-16-7-12-21(20(32)14-16)38-25(26(27,28)29)37-18-10-8-17(35-5)9-11-18/h7-12,14-15,19,22,25,32H,13H2,1-6H3,(H,30,33). The fourth-order valence-electron chi connectivity index (χ4n) is 3.80. The molecule has 0 aliphatic rings. The average molecular weight is 543 g/mol. The number of methoxy groups -OCH3 is 2. The maximum Gasteiger partial charge on any atom is 0.464 e. The minimum Gasteiger partial charge on any atom is -0.504 e. The number of phenolic OH excluding ortho intramolecular Hbond substituents is 1. The van der Waals surface area contributed by atoms with Crippen LogP contribution in [-0.2, 0) is 20.7 Å². The van der Waals surface area contributed by atoms with Crippen molar-refractivity contribution in [2.24, 2.45) is 5.92 Å². The van der Waals surface area contributed by atoms with Gasteiger partial charge in [0.15, 0.2) is 11.5 Å². The quantitative estimate of drug-likeness (QED) is 0.310. The number of aromatic hydroxyl groups is 1. The normalized spacial score (nSPS) is 14.0. The molecule has 38 heavy (non-hydrogen) atoms. The molecule has 9 nitrogen and oxygen atoms in total. The summed E-state index contributed by atoms with van der Waals surface area (Å²) in [5.74, 6) is -1.96. The zero-order valence-corrected chi connectivity index (χ0v) is 22.0. The number of esters is 1. The Hall–Kier alpha value is -3.67. The summed E-state index contributed by atoms with van der Waals surface area (Å²) >= 11 is 0. The van der Waals surface area contributed by atoms with Gasteiger partial charge in [-0.1, -0.05) is 19.9 Å². The van der Waals surface area contributed by atoms with E-state index in [2.05, 4.69) is 5.32 Å². The molecule has 0 spiro atoms. The lowest BCUT2D eigenvalue weighted by molar-refractivity contribution is -0.254. The molecule has 0 heterocycles. The highest BCUT2D eigenvalue weighted by atomic mass is 19.4. The van der Waals surface area contributed by atoms with Gasteiger partial charge in [-0.3, -0.25) is 9.69 Å². The summed E-state index contributed by atoms with van der Waals surface area (Å²) in [6.45, 7) is 3.72. The van der Waals surface area contributed by atoms with E-state index in [1.54, 1.807) is 19.0 Å². The van der Waals surface area contributed by atoms with E-state index in [4.69, 9.17) is 18.9 Å². The fraction of sp³-hybridized carbons (Fsp3) is 0.462. The van der Waals surface area contributed by atoms with Crippen LogP contribution in [0.4, 0.5) is 13.2 Å². The second-order valence-corrected chi connectivity index (χ2v) is 9.03. The predicted molar refractivity (Wildman–Crippen MR) is 132 cm³/mol. The van der Waals surface area contributed by atoms with Gasteiger partial charge in [0.05, 0.1) is 20.3 Å². The summed E-state index contributed by atoms with van der Waals surface area (Å²) in [5.41, 5.74) is 0.344. The molecular weight excluding hydrogens is 509 g/mol. The van der Waals surface area contributed by atoms with Gasteiger partial charge >= 0.3 is 18.4 Å². The highest BCUT2D eigenvalue weighted by Crippen LogP contribution is 2.33. The molecule has 0 aliphatic heterocycles. The molecule has 0 saturated carbocycles. The molecule has 1 amide bonds. The van der Waals surface area contributed by atoms with Crippen molar-refractivity contribution < 1.29 is 46.8 Å². The molecule has 0 saturated heterocycles. The van der Waals surface area contributed by atoms with Crippen molar-refractivity contribution in [3.05, 3.63) is 48.0 Å². The van der Waals surface area contributed by atoms with Gasteiger partial charge < -0.3 is 29.4 Å². The third-order valence-corrected chi connectivity index (χ3v) is 5.53. The zero-order chi connectivity index (χ0) is 28.6. The summed E-state index contributed by atoms with van der Waals surface area (Å²) in [6.07, 6.45) is -7.73. The molecule has 3 unspecified atom stereocenters. The van der Waals surface area contributed by atoms with Gasteiger partial charge in [-0.05, 0) is 62.0 Å². The number of halogens is 3. The van der Waals surface area contributed by atoms with Crippen LogP contribution in [0.3, 0.4) is 0 Å². The van der Waals surface area contributed by atoms with Gasteiger partial charge in [0, 0.05) is 6.42 Å². The number of likely N-dealkylation sites (N-methyl/N-ethyl adjacent to an activating group) is 1. The first kappa shape index (κ1) is 30.6. The van der Waals surface area contributed by atoms with Crippen LogP contribution in [0.2, 0.25) is 0 Å². The van der Waals surface area contributed by atoms with Crippen LogP contribution in [0.1, 0.15) is 19.4 Å². The van der Waals surface area contributed by atoms with Crippen LogP contribution in [0.5, 0.6) is 23.0 Å². The van der Waals surface area contributed by atoms with Gasteiger partial charge in [-0.2, -0.15) is 13.2 Å². The number of rotatable bonds is 12. The van der Waals surface area contributed by atoms with Crippen LogP contribution in [0, 0.1) is 5.92 Å². The van der Waals surface area contributed by atoms with E-state index >= 15 is 0 Å². The first-order chi connectivity index (χ1) is 17.8. The Balaban J connectivity index is 2.20. The van der Waals surface area contributed by atoms with E-state index in [0.29, 0.717) is 11.3 Å². The molecular formula is C26H33F3N2O7. The monoisotopic (exact) mass is 542 g/mol. The number of benzene rings is 2. The highest BCUT2D eigenvalue weighted by Gasteiger charge is 2.45. The Morgan fingerprint density at radius 3 is 2.08 bits per heavy atom. The molecule has 0 fully saturated rings. The summed E-state index contributed by atoms with van der Waals surface area (Å²) in [7, 11) is 6.06. The number of hydrogen-bond acceptors (Lipinski definition) is 8. The predicted octanol–water partition coefficient (Wildman–Crippen LogP) is 3.53. The number of carbonyl (C=O) groups is 2. The van der Waals surface area contributed by atoms with E-state index in [9.17, 15) is 27.9 Å². The minimum absolute atomic E-state index is 0.0505. The second-order valence-electron chi connectivity index (χ2n) is 9.03. The summed E-state index contributed by atoms with van der Waals surface area (Å²) in [5, 5.41) is 13.0. The van der Waals surface area contributed by atoms with E-state index in [-0.39, 0.29) is 18.1 Å². The highest BCUT2D eigenvalue weighted by molar-refractivity contribution is 5.87. The van der Waals surface area contributed by atoms with Crippen LogP contribution >= 0.6 is 0 Å². The number of hydrogen-bond donors (Lipinski definition) is 2.